The summed E-state index contributed by atoms with van der Waals surface area (Å²) in [4.78, 5) is 30.6. The average Bonchev–Trinajstić information content (AvgIpc) is 3.45. The lowest BCUT2D eigenvalue weighted by molar-refractivity contribution is -0.121. The van der Waals surface area contributed by atoms with Crippen LogP contribution in [0.5, 0.6) is 6.01 Å². The molecule has 0 aliphatic carbocycles. The number of fused-ring (bicyclic) bond motifs is 8. The molecule has 5 aliphatic heterocycles. The van der Waals surface area contributed by atoms with E-state index < -0.39 is 23.3 Å². The molecule has 0 spiro atoms. The van der Waals surface area contributed by atoms with Crippen molar-refractivity contribution in [3.05, 3.63) is 34.5 Å². The van der Waals surface area contributed by atoms with Crippen LogP contribution in [0.3, 0.4) is 0 Å². The van der Waals surface area contributed by atoms with Gasteiger partial charge in [-0.2, -0.15) is 9.97 Å². The number of pyridine rings is 1. The molecule has 6 bridgehead atoms. The van der Waals surface area contributed by atoms with Crippen molar-refractivity contribution in [2.75, 3.05) is 63.2 Å². The van der Waals surface area contributed by atoms with Gasteiger partial charge in [-0.3, -0.25) is 14.7 Å². The normalized spacial score (nSPS) is 25.7. The smallest absolute Gasteiger partial charge is 0.319 e. The second kappa shape index (κ2) is 12.6. The maximum Gasteiger partial charge on any atom is 0.319 e. The lowest BCUT2D eigenvalue weighted by Gasteiger charge is -2.31. The van der Waals surface area contributed by atoms with Gasteiger partial charge < -0.3 is 25.4 Å². The fourth-order valence-electron chi connectivity index (χ4n) is 7.43. The van der Waals surface area contributed by atoms with Gasteiger partial charge in [0.05, 0.1) is 34.8 Å². The SMILES string of the molecule is Nc1cc2c(c(Cl)c1F)CCCCC(=O)NCC1COCCN(C1)c1nc(OCC34CCCN3CC(F)C4)nc3c(F)c-2ncc13. The van der Waals surface area contributed by atoms with E-state index in [1.165, 1.54) is 12.3 Å². The molecule has 1 amide bonds. The van der Waals surface area contributed by atoms with Gasteiger partial charge in [0.2, 0.25) is 5.91 Å². The highest BCUT2D eigenvalue weighted by Gasteiger charge is 2.49. The Hall–Kier alpha value is -3.42. The van der Waals surface area contributed by atoms with Gasteiger partial charge in [0, 0.05) is 56.7 Å². The van der Waals surface area contributed by atoms with Gasteiger partial charge in [-0.15, -0.1) is 0 Å². The Morgan fingerprint density at radius 1 is 1.15 bits per heavy atom. The number of aromatic nitrogens is 3. The van der Waals surface area contributed by atoms with E-state index in [0.29, 0.717) is 75.4 Å². The first-order chi connectivity index (χ1) is 22.2. The maximum atomic E-state index is 16.8. The van der Waals surface area contributed by atoms with Crippen LogP contribution >= 0.6 is 11.6 Å². The van der Waals surface area contributed by atoms with E-state index in [4.69, 9.17) is 31.8 Å². The summed E-state index contributed by atoms with van der Waals surface area (Å²) >= 11 is 6.45. The molecule has 5 aliphatic rings. The number of nitrogens with zero attached hydrogens (tertiary/aromatic N) is 5. The molecule has 3 N–H and O–H groups in total. The number of nitrogen functional groups attached to an aromatic ring is 1. The number of amides is 1. The number of benzene rings is 1. The molecular formula is C32H37ClF3N7O3. The highest BCUT2D eigenvalue weighted by Crippen LogP contribution is 2.42. The van der Waals surface area contributed by atoms with Gasteiger partial charge in [-0.05, 0) is 50.3 Å². The number of carbonyl (C=O) groups is 1. The van der Waals surface area contributed by atoms with Crippen LogP contribution in [0.15, 0.2) is 12.3 Å². The number of anilines is 2. The maximum absolute atomic E-state index is 16.8. The zero-order valence-corrected chi connectivity index (χ0v) is 26.2. The standard InChI is InChI=1S/C32H37ClF3N7O3/c33-25-20-4-1-2-5-24(44)38-12-18-14-42(8-9-45-16-18)30-22-13-39-28(21(20)10-23(37)26(25)35)27(36)29(22)40-31(41-30)46-17-32-6-3-7-43(32)15-19(34)11-32/h10,13,18-19H,1-9,11-12,14-17,37H2,(H,38,44). The van der Waals surface area contributed by atoms with Gasteiger partial charge in [0.25, 0.3) is 0 Å². The van der Waals surface area contributed by atoms with Crippen molar-refractivity contribution in [3.63, 3.8) is 0 Å². The van der Waals surface area contributed by atoms with Crippen molar-refractivity contribution < 1.29 is 27.4 Å². The zero-order chi connectivity index (χ0) is 32.0. The molecule has 7 heterocycles. The Kier molecular flexibility index (Phi) is 8.58. The summed E-state index contributed by atoms with van der Waals surface area (Å²) in [7, 11) is 0. The van der Waals surface area contributed by atoms with Crippen LogP contribution in [0, 0.1) is 17.6 Å². The summed E-state index contributed by atoms with van der Waals surface area (Å²) in [5, 5.41) is 3.16. The Bertz CT molecular complexity index is 1670. The molecule has 8 rings (SSSR count). The molecule has 3 unspecified atom stereocenters. The van der Waals surface area contributed by atoms with E-state index in [0.717, 1.165) is 19.4 Å². The summed E-state index contributed by atoms with van der Waals surface area (Å²) in [6, 6.07) is 1.30. The monoisotopic (exact) mass is 659 g/mol. The Labute approximate surface area is 269 Å². The fourth-order valence-corrected chi connectivity index (χ4v) is 7.74. The van der Waals surface area contributed by atoms with Crippen LogP contribution in [0.25, 0.3) is 22.2 Å². The molecule has 2 aromatic heterocycles. The number of hydrogen-bond acceptors (Lipinski definition) is 9. The lowest BCUT2D eigenvalue weighted by atomic mass is 9.95. The van der Waals surface area contributed by atoms with Gasteiger partial charge in [0.15, 0.2) is 11.6 Å². The van der Waals surface area contributed by atoms with Crippen LogP contribution < -0.4 is 20.7 Å². The molecule has 46 heavy (non-hydrogen) atoms. The zero-order valence-electron chi connectivity index (χ0n) is 25.5. The summed E-state index contributed by atoms with van der Waals surface area (Å²) < 4.78 is 58.2. The number of carbonyl (C=O) groups excluding carboxylic acids is 1. The van der Waals surface area contributed by atoms with Crippen molar-refractivity contribution >= 4 is 39.9 Å². The Morgan fingerprint density at radius 3 is 2.87 bits per heavy atom. The minimum atomic E-state index is -0.933. The third-order valence-corrected chi connectivity index (χ3v) is 10.2. The molecule has 1 aromatic carbocycles. The Morgan fingerprint density at radius 2 is 2.00 bits per heavy atom. The number of halogens is 4. The molecule has 3 atom stereocenters. The topological polar surface area (TPSA) is 119 Å². The minimum absolute atomic E-state index is 0.0233. The van der Waals surface area contributed by atoms with E-state index in [1.807, 2.05) is 4.90 Å². The van der Waals surface area contributed by atoms with Crippen LogP contribution in [-0.2, 0) is 16.0 Å². The predicted octanol–water partition coefficient (Wildman–Crippen LogP) is 4.46. The second-order valence-electron chi connectivity index (χ2n) is 12.9. The summed E-state index contributed by atoms with van der Waals surface area (Å²) in [6.07, 6.45) is 4.25. The van der Waals surface area contributed by atoms with Crippen molar-refractivity contribution in [2.45, 2.75) is 56.7 Å². The number of nitrogens with two attached hydrogens (primary N) is 1. The molecule has 3 saturated heterocycles. The first kappa shape index (κ1) is 31.2. The molecule has 3 aromatic rings. The van der Waals surface area contributed by atoms with Gasteiger partial charge in [0.1, 0.15) is 29.8 Å². The van der Waals surface area contributed by atoms with E-state index >= 15 is 4.39 Å². The highest BCUT2D eigenvalue weighted by molar-refractivity contribution is 6.32. The van der Waals surface area contributed by atoms with Crippen LogP contribution in [0.2, 0.25) is 5.02 Å². The third kappa shape index (κ3) is 5.81. The first-order valence-electron chi connectivity index (χ1n) is 16.0. The first-order valence-corrected chi connectivity index (χ1v) is 16.3. The lowest BCUT2D eigenvalue weighted by Crippen LogP contribution is -2.43. The van der Waals surface area contributed by atoms with Crippen molar-refractivity contribution in [1.29, 1.82) is 0 Å². The van der Waals surface area contributed by atoms with Crippen LogP contribution in [-0.4, -0.2) is 90.0 Å². The molecule has 3 fully saturated rings. The van der Waals surface area contributed by atoms with Gasteiger partial charge in [-0.1, -0.05) is 11.6 Å². The number of nitrogens with one attached hydrogen (secondary N) is 1. The number of alkyl halides is 1. The third-order valence-electron chi connectivity index (χ3n) is 9.77. The Balaban J connectivity index is 1.36. The largest absolute Gasteiger partial charge is 0.461 e. The van der Waals surface area contributed by atoms with Crippen molar-refractivity contribution in [1.82, 2.24) is 25.2 Å². The molecule has 0 saturated carbocycles. The van der Waals surface area contributed by atoms with Gasteiger partial charge >= 0.3 is 6.01 Å². The number of rotatable bonds is 3. The second-order valence-corrected chi connectivity index (χ2v) is 13.3. The molecular weight excluding hydrogens is 623 g/mol. The van der Waals surface area contributed by atoms with Gasteiger partial charge in [-0.25, -0.2) is 13.2 Å². The number of hydrogen-bond donors (Lipinski definition) is 2. The average molecular weight is 660 g/mol. The quantitative estimate of drug-likeness (QED) is 0.393. The molecule has 0 radical (unpaired) electrons. The summed E-state index contributed by atoms with van der Waals surface area (Å²) in [5.74, 6) is -1.28. The van der Waals surface area contributed by atoms with Crippen molar-refractivity contribution in [2.24, 2.45) is 5.92 Å². The van der Waals surface area contributed by atoms with E-state index in [-0.39, 0.29) is 64.8 Å². The van der Waals surface area contributed by atoms with Crippen molar-refractivity contribution in [3.8, 4) is 17.3 Å². The van der Waals surface area contributed by atoms with E-state index in [9.17, 15) is 13.6 Å². The van der Waals surface area contributed by atoms with E-state index in [1.54, 1.807) is 0 Å². The van der Waals surface area contributed by atoms with Crippen LogP contribution in [0.4, 0.5) is 24.7 Å². The highest BCUT2D eigenvalue weighted by atomic mass is 35.5. The molecule has 10 nitrogen and oxygen atoms in total. The van der Waals surface area contributed by atoms with E-state index in [2.05, 4.69) is 20.2 Å². The summed E-state index contributed by atoms with van der Waals surface area (Å²) in [6.45, 7) is 3.49. The number of ether oxygens (including phenoxy) is 2. The summed E-state index contributed by atoms with van der Waals surface area (Å²) in [5.41, 5.74) is 5.77. The molecule has 246 valence electrons. The molecule has 14 heteroatoms. The minimum Gasteiger partial charge on any atom is -0.461 e. The van der Waals surface area contributed by atoms with Crippen LogP contribution in [0.1, 0.15) is 44.1 Å². The predicted molar refractivity (Wildman–Crippen MR) is 168 cm³/mol. The fraction of sp³-hybridized carbons (Fsp3) is 0.562.